The molecule has 0 aliphatic rings. The van der Waals surface area contributed by atoms with Crippen molar-refractivity contribution in [3.05, 3.63) is 11.6 Å². The maximum atomic E-state index is 11.3. The topological polar surface area (TPSA) is 104 Å². The fourth-order valence-electron chi connectivity index (χ4n) is 0.915. The highest BCUT2D eigenvalue weighted by atomic mass is 16.5. The molecule has 92 valence electrons. The minimum absolute atomic E-state index is 0.157. The van der Waals surface area contributed by atoms with Crippen LogP contribution < -0.4 is 0 Å². The number of rotatable bonds is 7. The number of hydrogen-bond acceptors (Lipinski definition) is 5. The van der Waals surface area contributed by atoms with Crippen LogP contribution in [0.3, 0.4) is 0 Å². The van der Waals surface area contributed by atoms with Gasteiger partial charge in [-0.3, -0.25) is 0 Å². The summed E-state index contributed by atoms with van der Waals surface area (Å²) in [7, 11) is 0. The van der Waals surface area contributed by atoms with E-state index in [4.69, 9.17) is 14.9 Å². The third kappa shape index (κ3) is 5.47. The van der Waals surface area contributed by atoms with Crippen LogP contribution in [0.2, 0.25) is 0 Å². The van der Waals surface area contributed by atoms with Crippen LogP contribution in [0.1, 0.15) is 19.8 Å². The van der Waals surface area contributed by atoms with Crippen molar-refractivity contribution in [3.63, 3.8) is 0 Å². The first-order valence-electron chi connectivity index (χ1n) is 4.93. The molecular formula is C10H16O6. The first kappa shape index (κ1) is 14.6. The molecule has 0 aliphatic carbocycles. The summed E-state index contributed by atoms with van der Waals surface area (Å²) in [5.74, 6) is -2.30. The van der Waals surface area contributed by atoms with Crippen molar-refractivity contribution in [2.75, 3.05) is 13.2 Å². The number of ether oxygens (including phenoxy) is 1. The van der Waals surface area contributed by atoms with Gasteiger partial charge < -0.3 is 20.1 Å². The molecule has 0 aliphatic heterocycles. The van der Waals surface area contributed by atoms with Crippen LogP contribution in [-0.4, -0.2) is 46.6 Å². The van der Waals surface area contributed by atoms with Gasteiger partial charge in [0, 0.05) is 6.08 Å². The molecule has 0 rings (SSSR count). The third-order valence-corrected chi connectivity index (χ3v) is 1.78. The molecule has 0 heterocycles. The predicted molar refractivity (Wildman–Crippen MR) is 54.7 cm³/mol. The molecule has 1 atom stereocenters. The normalized spacial score (nSPS) is 13.3. The first-order chi connectivity index (χ1) is 7.52. The number of aliphatic hydroxyl groups is 2. The average molecular weight is 232 g/mol. The minimum atomic E-state index is -1.54. The summed E-state index contributed by atoms with van der Waals surface area (Å²) in [6.45, 7) is 1.33. The molecule has 0 amide bonds. The van der Waals surface area contributed by atoms with Crippen molar-refractivity contribution < 1.29 is 29.6 Å². The van der Waals surface area contributed by atoms with Crippen LogP contribution in [0, 0.1) is 0 Å². The van der Waals surface area contributed by atoms with Gasteiger partial charge in [-0.05, 0) is 6.42 Å². The van der Waals surface area contributed by atoms with E-state index in [2.05, 4.69) is 0 Å². The van der Waals surface area contributed by atoms with Gasteiger partial charge in [-0.15, -0.1) is 0 Å². The molecule has 0 saturated heterocycles. The maximum absolute atomic E-state index is 11.3. The number of carbonyl (C=O) groups excluding carboxylic acids is 1. The number of carboxylic acids is 1. The molecule has 6 nitrogen and oxygen atoms in total. The summed E-state index contributed by atoms with van der Waals surface area (Å²) in [5, 5.41) is 26.3. The van der Waals surface area contributed by atoms with Gasteiger partial charge in [0.1, 0.15) is 6.10 Å². The number of unbranched alkanes of at least 4 members (excludes halogenated alkanes) is 1. The van der Waals surface area contributed by atoms with Crippen LogP contribution in [0.4, 0.5) is 0 Å². The standard InChI is InChI=1S/C10H16O6/c1-2-3-4-16-10(15)7(5-9(13)14)8(12)6-11/h5,8,11-12H,2-4,6H2,1H3,(H,13,14)/b7-5-. The van der Waals surface area contributed by atoms with Crippen molar-refractivity contribution in [3.8, 4) is 0 Å². The van der Waals surface area contributed by atoms with Gasteiger partial charge in [0.05, 0.1) is 18.8 Å². The number of carbonyl (C=O) groups is 2. The van der Waals surface area contributed by atoms with Crippen LogP contribution in [-0.2, 0) is 14.3 Å². The quantitative estimate of drug-likeness (QED) is 0.316. The number of aliphatic carboxylic acids is 1. The predicted octanol–water partition coefficient (Wildman–Crippen LogP) is -0.306. The lowest BCUT2D eigenvalue weighted by Gasteiger charge is -2.11. The second kappa shape index (κ2) is 7.84. The lowest BCUT2D eigenvalue weighted by atomic mass is 10.1. The Bertz CT molecular complexity index is 270. The van der Waals surface area contributed by atoms with Crippen molar-refractivity contribution in [1.82, 2.24) is 0 Å². The van der Waals surface area contributed by atoms with Crippen LogP contribution in [0.15, 0.2) is 11.6 Å². The van der Waals surface area contributed by atoms with E-state index >= 15 is 0 Å². The Morgan fingerprint density at radius 3 is 2.50 bits per heavy atom. The van der Waals surface area contributed by atoms with Crippen molar-refractivity contribution in [2.24, 2.45) is 0 Å². The number of esters is 1. The largest absolute Gasteiger partial charge is 0.478 e. The highest BCUT2D eigenvalue weighted by Crippen LogP contribution is 2.06. The molecular weight excluding hydrogens is 216 g/mol. The maximum Gasteiger partial charge on any atom is 0.337 e. The summed E-state index contributed by atoms with van der Waals surface area (Å²) in [6, 6.07) is 0. The van der Waals surface area contributed by atoms with Gasteiger partial charge in [-0.2, -0.15) is 0 Å². The van der Waals surface area contributed by atoms with E-state index in [1.165, 1.54) is 0 Å². The van der Waals surface area contributed by atoms with E-state index in [0.717, 1.165) is 6.42 Å². The van der Waals surface area contributed by atoms with E-state index in [-0.39, 0.29) is 6.61 Å². The zero-order chi connectivity index (χ0) is 12.6. The third-order valence-electron chi connectivity index (χ3n) is 1.78. The first-order valence-corrected chi connectivity index (χ1v) is 4.93. The summed E-state index contributed by atoms with van der Waals surface area (Å²) in [4.78, 5) is 21.7. The Labute approximate surface area is 93.2 Å². The zero-order valence-corrected chi connectivity index (χ0v) is 9.05. The summed E-state index contributed by atoms with van der Waals surface area (Å²) in [5.41, 5.74) is -0.453. The van der Waals surface area contributed by atoms with Gasteiger partial charge in [0.25, 0.3) is 0 Å². The van der Waals surface area contributed by atoms with Crippen LogP contribution in [0.25, 0.3) is 0 Å². The van der Waals surface area contributed by atoms with Gasteiger partial charge >= 0.3 is 11.9 Å². The van der Waals surface area contributed by atoms with Gasteiger partial charge in [-0.1, -0.05) is 13.3 Å². The molecule has 0 spiro atoms. The van der Waals surface area contributed by atoms with E-state index in [0.29, 0.717) is 12.5 Å². The van der Waals surface area contributed by atoms with Crippen LogP contribution in [0.5, 0.6) is 0 Å². The summed E-state index contributed by atoms with van der Waals surface area (Å²) >= 11 is 0. The molecule has 0 aromatic heterocycles. The zero-order valence-electron chi connectivity index (χ0n) is 9.05. The van der Waals surface area contributed by atoms with E-state index in [1.807, 2.05) is 6.92 Å². The Morgan fingerprint density at radius 1 is 1.44 bits per heavy atom. The van der Waals surface area contributed by atoms with E-state index in [9.17, 15) is 14.7 Å². The second-order valence-corrected chi connectivity index (χ2v) is 3.13. The Morgan fingerprint density at radius 2 is 2.06 bits per heavy atom. The fraction of sp³-hybridized carbons (Fsp3) is 0.600. The van der Waals surface area contributed by atoms with Crippen molar-refractivity contribution >= 4 is 11.9 Å². The second-order valence-electron chi connectivity index (χ2n) is 3.13. The van der Waals surface area contributed by atoms with Gasteiger partial charge in [0.15, 0.2) is 0 Å². The molecule has 0 fully saturated rings. The highest BCUT2D eigenvalue weighted by Gasteiger charge is 2.20. The Balaban J connectivity index is 4.52. The van der Waals surface area contributed by atoms with Gasteiger partial charge in [0.2, 0.25) is 0 Å². The molecule has 0 bridgehead atoms. The minimum Gasteiger partial charge on any atom is -0.478 e. The SMILES string of the molecule is CCCCOC(=O)/C(=C\C(=O)O)C(O)CO. The molecule has 1 unspecified atom stereocenters. The highest BCUT2D eigenvalue weighted by molar-refractivity contribution is 5.96. The number of hydrogen-bond donors (Lipinski definition) is 3. The molecule has 6 heteroatoms. The fourth-order valence-corrected chi connectivity index (χ4v) is 0.915. The molecule has 0 saturated carbocycles. The number of aliphatic hydroxyl groups excluding tert-OH is 2. The van der Waals surface area contributed by atoms with Crippen LogP contribution >= 0.6 is 0 Å². The summed E-state index contributed by atoms with van der Waals surface area (Å²) < 4.78 is 4.73. The molecule has 3 N–H and O–H groups in total. The molecule has 16 heavy (non-hydrogen) atoms. The van der Waals surface area contributed by atoms with Crippen molar-refractivity contribution in [1.29, 1.82) is 0 Å². The lowest BCUT2D eigenvalue weighted by molar-refractivity contribution is -0.141. The molecule has 0 aromatic rings. The lowest BCUT2D eigenvalue weighted by Crippen LogP contribution is -2.24. The summed E-state index contributed by atoms with van der Waals surface area (Å²) in [6.07, 6.45) is 0.481. The smallest absolute Gasteiger partial charge is 0.337 e. The average Bonchev–Trinajstić information content (AvgIpc) is 2.24. The van der Waals surface area contributed by atoms with E-state index in [1.54, 1.807) is 0 Å². The Kier molecular flexibility index (Phi) is 7.15. The van der Waals surface area contributed by atoms with Gasteiger partial charge in [-0.25, -0.2) is 9.59 Å². The molecule has 0 radical (unpaired) electrons. The number of carboxylic acid groups (broad SMARTS) is 1. The Hall–Kier alpha value is -1.40. The van der Waals surface area contributed by atoms with E-state index < -0.39 is 30.2 Å². The monoisotopic (exact) mass is 232 g/mol. The van der Waals surface area contributed by atoms with Crippen molar-refractivity contribution in [2.45, 2.75) is 25.9 Å². The molecule has 0 aromatic carbocycles.